The number of hydrogen-bond donors (Lipinski definition) is 0. The molecule has 0 radical (unpaired) electrons. The van der Waals surface area contributed by atoms with Crippen LogP contribution < -0.4 is 14.2 Å². The molecule has 0 aliphatic carbocycles. The highest BCUT2D eigenvalue weighted by Gasteiger charge is 2.34. The number of amides is 1. The van der Waals surface area contributed by atoms with E-state index in [1.807, 2.05) is 29.6 Å². The van der Waals surface area contributed by atoms with E-state index >= 15 is 0 Å². The van der Waals surface area contributed by atoms with Crippen LogP contribution in [0, 0.1) is 0 Å². The summed E-state index contributed by atoms with van der Waals surface area (Å²) in [4.78, 5) is 14.0. The fourth-order valence-corrected chi connectivity index (χ4v) is 4.02. The number of thiophene rings is 1. The lowest BCUT2D eigenvalue weighted by molar-refractivity contribution is -0.135. The molecule has 1 atom stereocenters. The van der Waals surface area contributed by atoms with Crippen molar-refractivity contribution in [3.8, 4) is 17.2 Å². The Balaban J connectivity index is 1.33. The number of hydrogen-bond acceptors (Lipinski definition) is 7. The topological polar surface area (TPSA) is 73.5 Å². The van der Waals surface area contributed by atoms with Crippen LogP contribution in [0.2, 0.25) is 0 Å². The predicted octanol–water partition coefficient (Wildman–Crippen LogP) is 3.83. The molecule has 8 heteroatoms. The van der Waals surface area contributed by atoms with Gasteiger partial charge in [-0.15, -0.1) is 11.3 Å². The van der Waals surface area contributed by atoms with E-state index in [0.29, 0.717) is 29.4 Å². The minimum absolute atomic E-state index is 0.129. The molecule has 1 unspecified atom stereocenters. The maximum absolute atomic E-state index is 12.9. The average Bonchev–Trinajstić information content (AvgIpc) is 3.50. The lowest BCUT2D eigenvalue weighted by atomic mass is 10.1. The highest BCUT2D eigenvalue weighted by Crippen LogP contribution is 2.36. The Hall–Kier alpha value is -3.26. The zero-order valence-corrected chi connectivity index (χ0v) is 15.6. The number of nitrogens with zero attached hydrogens (tertiary/aromatic N) is 2. The fraction of sp³-hybridized carbons (Fsp3) is 0.200. The second-order valence-corrected chi connectivity index (χ2v) is 7.28. The Morgan fingerprint density at radius 2 is 2.14 bits per heavy atom. The van der Waals surface area contributed by atoms with Crippen LogP contribution in [0.15, 0.2) is 63.6 Å². The number of carbonyl (C=O) groups is 1. The molecule has 0 fully saturated rings. The standard InChI is InChI=1S/C20H16N2O5S/c23-20(11-25-13-5-6-17-18(9-13)27-12-26-17)22-15(19-4-2-8-28-19)10-14(21-22)16-3-1-7-24-16/h1-9,15H,10-12H2. The number of hydrazone groups is 1. The maximum atomic E-state index is 12.9. The molecule has 1 aromatic carbocycles. The third kappa shape index (κ3) is 3.11. The first-order valence-electron chi connectivity index (χ1n) is 8.77. The van der Waals surface area contributed by atoms with Crippen molar-refractivity contribution in [3.05, 3.63) is 64.7 Å². The highest BCUT2D eigenvalue weighted by molar-refractivity contribution is 7.10. The van der Waals surface area contributed by atoms with Gasteiger partial charge < -0.3 is 18.6 Å². The van der Waals surface area contributed by atoms with E-state index < -0.39 is 0 Å². The minimum atomic E-state index is -0.224. The van der Waals surface area contributed by atoms with Crippen LogP contribution in [-0.2, 0) is 4.79 Å². The third-order valence-electron chi connectivity index (χ3n) is 4.55. The first-order valence-corrected chi connectivity index (χ1v) is 9.65. The Labute approximate surface area is 164 Å². The van der Waals surface area contributed by atoms with Gasteiger partial charge in [-0.1, -0.05) is 6.07 Å². The number of rotatable bonds is 5. The van der Waals surface area contributed by atoms with Gasteiger partial charge in [-0.3, -0.25) is 4.79 Å². The van der Waals surface area contributed by atoms with Crippen LogP contribution >= 0.6 is 11.3 Å². The molecule has 0 saturated heterocycles. The van der Waals surface area contributed by atoms with E-state index in [1.165, 1.54) is 5.01 Å². The lowest BCUT2D eigenvalue weighted by Gasteiger charge is -2.20. The number of benzene rings is 1. The Morgan fingerprint density at radius 1 is 1.21 bits per heavy atom. The molecule has 4 heterocycles. The average molecular weight is 396 g/mol. The largest absolute Gasteiger partial charge is 0.484 e. The second-order valence-electron chi connectivity index (χ2n) is 6.30. The molecule has 2 aromatic heterocycles. The van der Waals surface area contributed by atoms with Crippen molar-refractivity contribution in [2.24, 2.45) is 5.10 Å². The van der Waals surface area contributed by atoms with Crippen LogP contribution in [0.1, 0.15) is 23.1 Å². The van der Waals surface area contributed by atoms with Crippen LogP contribution in [0.4, 0.5) is 0 Å². The summed E-state index contributed by atoms with van der Waals surface area (Å²) in [5.74, 6) is 2.27. The van der Waals surface area contributed by atoms with Gasteiger partial charge in [0.05, 0.1) is 12.3 Å². The van der Waals surface area contributed by atoms with Gasteiger partial charge in [0.15, 0.2) is 18.1 Å². The number of carbonyl (C=O) groups excluding carboxylic acids is 1. The Kier molecular flexibility index (Phi) is 4.25. The molecule has 0 N–H and O–H groups in total. The van der Waals surface area contributed by atoms with Crippen molar-refractivity contribution in [3.63, 3.8) is 0 Å². The zero-order valence-electron chi connectivity index (χ0n) is 14.7. The minimum Gasteiger partial charge on any atom is -0.484 e. The Morgan fingerprint density at radius 3 is 2.96 bits per heavy atom. The number of ether oxygens (including phenoxy) is 3. The molecule has 0 bridgehead atoms. The van der Waals surface area contributed by atoms with Crippen molar-refractivity contribution < 1.29 is 23.4 Å². The summed E-state index contributed by atoms with van der Waals surface area (Å²) in [6.07, 6.45) is 2.20. The molecule has 5 rings (SSSR count). The molecule has 2 aliphatic heterocycles. The first-order chi connectivity index (χ1) is 13.8. The van der Waals surface area contributed by atoms with Crippen LogP contribution in [0.25, 0.3) is 0 Å². The molecule has 3 aromatic rings. The van der Waals surface area contributed by atoms with Gasteiger partial charge in [-0.2, -0.15) is 5.10 Å². The van der Waals surface area contributed by atoms with Gasteiger partial charge in [0.2, 0.25) is 6.79 Å². The van der Waals surface area contributed by atoms with Gasteiger partial charge in [-0.05, 0) is 35.7 Å². The lowest BCUT2D eigenvalue weighted by Crippen LogP contribution is -2.31. The fourth-order valence-electron chi connectivity index (χ4n) is 3.21. The van der Waals surface area contributed by atoms with E-state index in [-0.39, 0.29) is 25.3 Å². The molecule has 28 heavy (non-hydrogen) atoms. The molecule has 7 nitrogen and oxygen atoms in total. The van der Waals surface area contributed by atoms with Gasteiger partial charge >= 0.3 is 0 Å². The van der Waals surface area contributed by atoms with Gasteiger partial charge in [0, 0.05) is 17.4 Å². The van der Waals surface area contributed by atoms with Crippen molar-refractivity contribution in [1.82, 2.24) is 5.01 Å². The summed E-state index contributed by atoms with van der Waals surface area (Å²) >= 11 is 1.60. The van der Waals surface area contributed by atoms with E-state index in [2.05, 4.69) is 5.10 Å². The Bertz CT molecular complexity index is 1010. The smallest absolute Gasteiger partial charge is 0.281 e. The summed E-state index contributed by atoms with van der Waals surface area (Å²) in [5.41, 5.74) is 0.750. The van der Waals surface area contributed by atoms with Crippen molar-refractivity contribution in [2.75, 3.05) is 13.4 Å². The molecule has 142 valence electrons. The van der Waals surface area contributed by atoms with Crippen LogP contribution in [0.5, 0.6) is 17.2 Å². The molecule has 0 saturated carbocycles. The van der Waals surface area contributed by atoms with Gasteiger partial charge in [0.1, 0.15) is 17.2 Å². The molecular weight excluding hydrogens is 380 g/mol. The van der Waals surface area contributed by atoms with E-state index in [1.54, 1.807) is 35.8 Å². The van der Waals surface area contributed by atoms with Crippen molar-refractivity contribution in [2.45, 2.75) is 12.5 Å². The molecule has 1 amide bonds. The normalized spacial score (nSPS) is 17.6. The second kappa shape index (κ2) is 7.05. The molecule has 2 aliphatic rings. The van der Waals surface area contributed by atoms with Crippen LogP contribution in [0.3, 0.4) is 0 Å². The van der Waals surface area contributed by atoms with E-state index in [9.17, 15) is 4.79 Å². The monoisotopic (exact) mass is 396 g/mol. The highest BCUT2D eigenvalue weighted by atomic mass is 32.1. The summed E-state index contributed by atoms with van der Waals surface area (Å²) in [6.45, 7) is 0.0642. The van der Waals surface area contributed by atoms with E-state index in [4.69, 9.17) is 18.6 Å². The number of furan rings is 1. The van der Waals surface area contributed by atoms with Crippen molar-refractivity contribution in [1.29, 1.82) is 0 Å². The summed E-state index contributed by atoms with van der Waals surface area (Å²) in [7, 11) is 0. The summed E-state index contributed by atoms with van der Waals surface area (Å²) in [5, 5.41) is 8.02. The first kappa shape index (κ1) is 16.9. The predicted molar refractivity (Wildman–Crippen MR) is 102 cm³/mol. The SMILES string of the molecule is O=C(COc1ccc2c(c1)OCO2)N1N=C(c2ccco2)CC1c1cccs1. The molecule has 0 spiro atoms. The van der Waals surface area contributed by atoms with Crippen LogP contribution in [-0.4, -0.2) is 30.0 Å². The van der Waals surface area contributed by atoms with Crippen molar-refractivity contribution >= 4 is 23.0 Å². The number of fused-ring (bicyclic) bond motifs is 1. The summed E-state index contributed by atoms with van der Waals surface area (Å²) < 4.78 is 21.8. The molecular formula is C20H16N2O5S. The maximum Gasteiger partial charge on any atom is 0.281 e. The zero-order chi connectivity index (χ0) is 18.9. The van der Waals surface area contributed by atoms with Gasteiger partial charge in [0.25, 0.3) is 5.91 Å². The quantitative estimate of drug-likeness (QED) is 0.655. The van der Waals surface area contributed by atoms with Gasteiger partial charge in [-0.25, -0.2) is 5.01 Å². The third-order valence-corrected chi connectivity index (χ3v) is 5.52. The van der Waals surface area contributed by atoms with E-state index in [0.717, 1.165) is 10.6 Å². The summed E-state index contributed by atoms with van der Waals surface area (Å²) in [6, 6.07) is 12.7.